The second-order valence-corrected chi connectivity index (χ2v) is 4.92. The highest BCUT2D eigenvalue weighted by Crippen LogP contribution is 2.27. The predicted molar refractivity (Wildman–Crippen MR) is 81.2 cm³/mol. The van der Waals surface area contributed by atoms with Gasteiger partial charge >= 0.3 is 0 Å². The van der Waals surface area contributed by atoms with Crippen LogP contribution in [0.2, 0.25) is 0 Å². The van der Waals surface area contributed by atoms with Gasteiger partial charge in [-0.25, -0.2) is 8.78 Å². The molecule has 0 aliphatic heterocycles. The third-order valence-electron chi connectivity index (χ3n) is 3.37. The summed E-state index contributed by atoms with van der Waals surface area (Å²) in [5, 5.41) is 3.26. The molecule has 0 bridgehead atoms. The molecular weight excluding hydrogens is 304 g/mol. The van der Waals surface area contributed by atoms with Crippen molar-refractivity contribution in [3.8, 4) is 0 Å². The Labute approximate surface area is 130 Å². The van der Waals surface area contributed by atoms with Crippen LogP contribution in [0.1, 0.15) is 16.1 Å². The molecule has 0 unspecified atom stereocenters. The van der Waals surface area contributed by atoms with Gasteiger partial charge in [-0.2, -0.15) is 0 Å². The topological polar surface area (TPSA) is 51.5 Å². The first-order valence-electron chi connectivity index (χ1n) is 6.86. The molecule has 0 atom stereocenters. The van der Waals surface area contributed by atoms with Gasteiger partial charge in [0.1, 0.15) is 5.58 Å². The Hall–Kier alpha value is -2.73. The molecular formula is C17H13F2NO3. The number of para-hydroxylation sites is 1. The molecule has 0 aliphatic rings. The Morgan fingerprint density at radius 2 is 1.96 bits per heavy atom. The van der Waals surface area contributed by atoms with Gasteiger partial charge in [0.25, 0.3) is 5.91 Å². The number of fused-ring (bicyclic) bond motifs is 1. The van der Waals surface area contributed by atoms with Crippen LogP contribution in [-0.4, -0.2) is 13.0 Å². The van der Waals surface area contributed by atoms with Crippen LogP contribution >= 0.6 is 0 Å². The molecule has 0 radical (unpaired) electrons. The molecule has 3 aromatic rings. The van der Waals surface area contributed by atoms with Gasteiger partial charge in [0.2, 0.25) is 0 Å². The molecule has 0 saturated heterocycles. The van der Waals surface area contributed by atoms with E-state index in [-0.39, 0.29) is 18.1 Å². The van der Waals surface area contributed by atoms with E-state index < -0.39 is 17.5 Å². The molecule has 23 heavy (non-hydrogen) atoms. The predicted octanol–water partition coefficient (Wildman–Crippen LogP) is 4.11. The highest BCUT2D eigenvalue weighted by atomic mass is 19.2. The van der Waals surface area contributed by atoms with E-state index in [1.54, 1.807) is 12.1 Å². The smallest absolute Gasteiger partial charge is 0.291 e. The maximum atomic E-state index is 13.2. The number of carbonyl (C=O) groups is 1. The number of furan rings is 1. The fourth-order valence-corrected chi connectivity index (χ4v) is 2.33. The van der Waals surface area contributed by atoms with Crippen LogP contribution in [-0.2, 0) is 11.3 Å². The van der Waals surface area contributed by atoms with Gasteiger partial charge in [0.15, 0.2) is 17.4 Å². The van der Waals surface area contributed by atoms with E-state index in [4.69, 9.17) is 9.15 Å². The highest BCUT2D eigenvalue weighted by molar-refractivity contribution is 6.06. The molecule has 0 fully saturated rings. The van der Waals surface area contributed by atoms with Crippen molar-refractivity contribution in [3.63, 3.8) is 0 Å². The average Bonchev–Trinajstić information content (AvgIpc) is 2.90. The van der Waals surface area contributed by atoms with Crippen molar-refractivity contribution in [2.75, 3.05) is 12.4 Å². The van der Waals surface area contributed by atoms with E-state index in [0.717, 1.165) is 17.5 Å². The molecule has 0 spiro atoms. The monoisotopic (exact) mass is 317 g/mol. The first-order chi connectivity index (χ1) is 11.1. The number of carbonyl (C=O) groups excluding carboxylic acids is 1. The highest BCUT2D eigenvalue weighted by Gasteiger charge is 2.20. The number of benzene rings is 2. The lowest BCUT2D eigenvalue weighted by Gasteiger charge is -2.05. The summed E-state index contributed by atoms with van der Waals surface area (Å²) in [6.07, 6.45) is 0. The van der Waals surface area contributed by atoms with Crippen molar-refractivity contribution in [3.05, 3.63) is 65.4 Å². The summed E-state index contributed by atoms with van der Waals surface area (Å²) in [6, 6.07) is 10.3. The number of hydrogen-bond acceptors (Lipinski definition) is 3. The van der Waals surface area contributed by atoms with E-state index in [2.05, 4.69) is 5.32 Å². The van der Waals surface area contributed by atoms with E-state index >= 15 is 0 Å². The standard InChI is InChI=1S/C17H13F2NO3/c1-22-9-12-11-4-2-3-5-15(11)23-16(12)17(21)20-10-6-7-13(18)14(19)8-10/h2-8H,9H2,1H3,(H,20,21). The molecule has 1 heterocycles. The summed E-state index contributed by atoms with van der Waals surface area (Å²) in [4.78, 5) is 12.4. The Kier molecular flexibility index (Phi) is 4.08. The zero-order valence-corrected chi connectivity index (χ0v) is 12.2. The molecule has 118 valence electrons. The molecule has 2 aromatic carbocycles. The zero-order chi connectivity index (χ0) is 16.4. The quantitative estimate of drug-likeness (QED) is 0.788. The van der Waals surface area contributed by atoms with Crippen LogP contribution in [0.15, 0.2) is 46.9 Å². The first kappa shape index (κ1) is 15.2. The zero-order valence-electron chi connectivity index (χ0n) is 12.2. The van der Waals surface area contributed by atoms with Crippen LogP contribution in [0.25, 0.3) is 11.0 Å². The van der Waals surface area contributed by atoms with Crippen molar-refractivity contribution in [1.82, 2.24) is 0 Å². The Morgan fingerprint density at radius 1 is 1.17 bits per heavy atom. The number of rotatable bonds is 4. The lowest BCUT2D eigenvalue weighted by molar-refractivity contribution is 0.0992. The number of anilines is 1. The van der Waals surface area contributed by atoms with E-state index in [9.17, 15) is 13.6 Å². The number of methoxy groups -OCH3 is 1. The SMILES string of the molecule is COCc1c(C(=O)Nc2ccc(F)c(F)c2)oc2ccccc12. The minimum Gasteiger partial charge on any atom is -0.451 e. The largest absolute Gasteiger partial charge is 0.451 e. The van der Waals surface area contributed by atoms with Crippen LogP contribution in [0, 0.1) is 11.6 Å². The number of halogens is 2. The van der Waals surface area contributed by atoms with Gasteiger partial charge in [-0.15, -0.1) is 0 Å². The summed E-state index contributed by atoms with van der Waals surface area (Å²) in [6.45, 7) is 0.192. The van der Waals surface area contributed by atoms with E-state index in [0.29, 0.717) is 11.1 Å². The fourth-order valence-electron chi connectivity index (χ4n) is 2.33. The van der Waals surface area contributed by atoms with E-state index in [1.807, 2.05) is 12.1 Å². The van der Waals surface area contributed by atoms with Crippen molar-refractivity contribution >= 4 is 22.6 Å². The number of hydrogen-bond donors (Lipinski definition) is 1. The molecule has 4 nitrogen and oxygen atoms in total. The molecule has 1 aromatic heterocycles. The van der Waals surface area contributed by atoms with Gasteiger partial charge in [0.05, 0.1) is 6.61 Å². The summed E-state index contributed by atoms with van der Waals surface area (Å²) >= 11 is 0. The van der Waals surface area contributed by atoms with Crippen molar-refractivity contribution in [2.45, 2.75) is 6.61 Å². The second kappa shape index (κ2) is 6.18. The van der Waals surface area contributed by atoms with Crippen molar-refractivity contribution in [2.24, 2.45) is 0 Å². The number of nitrogens with one attached hydrogen (secondary N) is 1. The maximum Gasteiger partial charge on any atom is 0.291 e. The van der Waals surface area contributed by atoms with Crippen LogP contribution < -0.4 is 5.32 Å². The molecule has 6 heteroatoms. The Morgan fingerprint density at radius 3 is 2.70 bits per heavy atom. The summed E-state index contributed by atoms with van der Waals surface area (Å²) < 4.78 is 36.9. The summed E-state index contributed by atoms with van der Waals surface area (Å²) in [5.74, 6) is -2.49. The number of ether oxygens (including phenoxy) is 1. The lowest BCUT2D eigenvalue weighted by Crippen LogP contribution is -2.13. The van der Waals surface area contributed by atoms with Gasteiger partial charge in [0, 0.05) is 29.8 Å². The summed E-state index contributed by atoms with van der Waals surface area (Å²) in [7, 11) is 1.51. The van der Waals surface area contributed by atoms with Crippen LogP contribution in [0.4, 0.5) is 14.5 Å². The van der Waals surface area contributed by atoms with Crippen molar-refractivity contribution < 1.29 is 22.7 Å². The minimum absolute atomic E-state index is 0.0813. The van der Waals surface area contributed by atoms with Gasteiger partial charge < -0.3 is 14.5 Å². The van der Waals surface area contributed by atoms with Crippen LogP contribution in [0.3, 0.4) is 0 Å². The maximum absolute atomic E-state index is 13.2. The molecule has 0 aliphatic carbocycles. The van der Waals surface area contributed by atoms with Crippen molar-refractivity contribution in [1.29, 1.82) is 0 Å². The normalized spacial score (nSPS) is 10.9. The van der Waals surface area contributed by atoms with Gasteiger partial charge in [-0.05, 0) is 18.2 Å². The second-order valence-electron chi connectivity index (χ2n) is 4.92. The minimum atomic E-state index is -1.04. The Bertz CT molecular complexity index is 873. The average molecular weight is 317 g/mol. The molecule has 3 rings (SSSR count). The fraction of sp³-hybridized carbons (Fsp3) is 0.118. The lowest BCUT2D eigenvalue weighted by atomic mass is 10.1. The Balaban J connectivity index is 1.96. The van der Waals surface area contributed by atoms with E-state index in [1.165, 1.54) is 13.2 Å². The number of amides is 1. The van der Waals surface area contributed by atoms with Crippen LogP contribution in [0.5, 0.6) is 0 Å². The molecule has 1 amide bonds. The first-order valence-corrected chi connectivity index (χ1v) is 6.86. The molecule has 1 N–H and O–H groups in total. The van der Waals surface area contributed by atoms with Gasteiger partial charge in [-0.3, -0.25) is 4.79 Å². The van der Waals surface area contributed by atoms with Gasteiger partial charge in [-0.1, -0.05) is 18.2 Å². The molecule has 0 saturated carbocycles. The third-order valence-corrected chi connectivity index (χ3v) is 3.37. The summed E-state index contributed by atoms with van der Waals surface area (Å²) in [5.41, 5.74) is 1.29. The third kappa shape index (κ3) is 2.93.